The molecule has 0 aliphatic carbocycles. The quantitative estimate of drug-likeness (QED) is 0.390. The molecule has 182 valence electrons. The van der Waals surface area contributed by atoms with Crippen molar-refractivity contribution in [3.8, 4) is 5.75 Å². The minimum Gasteiger partial charge on any atom is -0.497 e. The molecule has 0 radical (unpaired) electrons. The standard InChI is InChI=1S/C29H32N2O3S/c1-4-21(2)31(27(32)15-10-22-8-6-5-7-9-22)20-28(33)30-18-16-26-25(17-19-35-26)29(30)23-11-13-24(34-3)14-12-23/h5-15,17,19,21,29H,4,16,18,20H2,1-3H3/b15-10+. The lowest BCUT2D eigenvalue weighted by molar-refractivity contribution is -0.141. The molecule has 0 N–H and O–H groups in total. The molecule has 2 unspecified atom stereocenters. The minimum absolute atomic E-state index is 0.0376. The van der Waals surface area contributed by atoms with E-state index in [1.54, 1.807) is 35.5 Å². The van der Waals surface area contributed by atoms with E-state index >= 15 is 0 Å². The molecule has 1 aliphatic heterocycles. The second-order valence-corrected chi connectivity index (χ2v) is 9.78. The van der Waals surface area contributed by atoms with Gasteiger partial charge in [-0.15, -0.1) is 11.3 Å². The van der Waals surface area contributed by atoms with E-state index in [9.17, 15) is 9.59 Å². The molecule has 4 rings (SSSR count). The molecule has 2 amide bonds. The van der Waals surface area contributed by atoms with Gasteiger partial charge in [0.15, 0.2) is 0 Å². The molecule has 0 saturated heterocycles. The van der Waals surface area contributed by atoms with Crippen LogP contribution in [-0.2, 0) is 16.0 Å². The molecule has 0 saturated carbocycles. The van der Waals surface area contributed by atoms with Crippen molar-refractivity contribution < 1.29 is 14.3 Å². The Kier molecular flexibility index (Phi) is 8.03. The summed E-state index contributed by atoms with van der Waals surface area (Å²) >= 11 is 1.74. The van der Waals surface area contributed by atoms with Gasteiger partial charge in [-0.05, 0) is 66.1 Å². The average Bonchev–Trinajstić information content (AvgIpc) is 3.39. The Morgan fingerprint density at radius 1 is 1.14 bits per heavy atom. The monoisotopic (exact) mass is 488 g/mol. The lowest BCUT2D eigenvalue weighted by Crippen LogP contribution is -2.48. The second-order valence-electron chi connectivity index (χ2n) is 8.78. The molecule has 35 heavy (non-hydrogen) atoms. The van der Waals surface area contributed by atoms with Crippen LogP contribution < -0.4 is 4.74 Å². The number of thiophene rings is 1. The molecule has 2 aromatic carbocycles. The van der Waals surface area contributed by atoms with Gasteiger partial charge in [0.1, 0.15) is 12.3 Å². The van der Waals surface area contributed by atoms with Gasteiger partial charge < -0.3 is 14.5 Å². The molecule has 1 aromatic heterocycles. The summed E-state index contributed by atoms with van der Waals surface area (Å²) in [6.07, 6.45) is 4.98. The Bertz CT molecular complexity index is 1170. The second kappa shape index (κ2) is 11.4. The first-order valence-corrected chi connectivity index (χ1v) is 12.9. The molecule has 0 fully saturated rings. The van der Waals surface area contributed by atoms with E-state index in [0.29, 0.717) is 6.54 Å². The highest BCUT2D eigenvalue weighted by Gasteiger charge is 2.34. The van der Waals surface area contributed by atoms with E-state index in [0.717, 1.165) is 29.7 Å². The summed E-state index contributed by atoms with van der Waals surface area (Å²) in [6.45, 7) is 4.72. The van der Waals surface area contributed by atoms with Crippen molar-refractivity contribution in [3.63, 3.8) is 0 Å². The number of hydrogen-bond donors (Lipinski definition) is 0. The first-order chi connectivity index (χ1) is 17.0. The van der Waals surface area contributed by atoms with Gasteiger partial charge in [0, 0.05) is 23.5 Å². The maximum absolute atomic E-state index is 13.7. The number of rotatable bonds is 8. The number of carbonyl (C=O) groups is 2. The predicted molar refractivity (Wildman–Crippen MR) is 142 cm³/mol. The van der Waals surface area contributed by atoms with Gasteiger partial charge in [-0.3, -0.25) is 9.59 Å². The molecule has 2 heterocycles. The number of nitrogens with zero attached hydrogens (tertiary/aromatic N) is 2. The fourth-order valence-corrected chi connectivity index (χ4v) is 5.37. The van der Waals surface area contributed by atoms with Gasteiger partial charge in [0.2, 0.25) is 11.8 Å². The highest BCUT2D eigenvalue weighted by Crippen LogP contribution is 2.38. The lowest BCUT2D eigenvalue weighted by atomic mass is 9.93. The summed E-state index contributed by atoms with van der Waals surface area (Å²) in [5.41, 5.74) is 3.17. The van der Waals surface area contributed by atoms with Crippen LogP contribution in [-0.4, -0.2) is 47.9 Å². The van der Waals surface area contributed by atoms with Crippen molar-refractivity contribution in [3.05, 3.63) is 93.7 Å². The number of fused-ring (bicyclic) bond motifs is 1. The number of ether oxygens (including phenoxy) is 1. The van der Waals surface area contributed by atoms with E-state index < -0.39 is 0 Å². The van der Waals surface area contributed by atoms with Crippen molar-refractivity contribution in [2.45, 2.75) is 38.8 Å². The van der Waals surface area contributed by atoms with Gasteiger partial charge >= 0.3 is 0 Å². The Hall–Kier alpha value is -3.38. The van der Waals surface area contributed by atoms with Gasteiger partial charge in [0.05, 0.1) is 13.2 Å². The zero-order chi connectivity index (χ0) is 24.8. The first-order valence-electron chi connectivity index (χ1n) is 12.0. The normalized spacial score (nSPS) is 16.1. The smallest absolute Gasteiger partial charge is 0.247 e. The van der Waals surface area contributed by atoms with Crippen LogP contribution in [0.3, 0.4) is 0 Å². The molecule has 1 aliphatic rings. The summed E-state index contributed by atoms with van der Waals surface area (Å²) in [6, 6.07) is 19.5. The topological polar surface area (TPSA) is 49.9 Å². The Morgan fingerprint density at radius 2 is 1.89 bits per heavy atom. The molecule has 3 aromatic rings. The number of amides is 2. The maximum Gasteiger partial charge on any atom is 0.247 e. The van der Waals surface area contributed by atoms with Crippen molar-refractivity contribution in [1.29, 1.82) is 0 Å². The van der Waals surface area contributed by atoms with Crippen molar-refractivity contribution in [2.24, 2.45) is 0 Å². The number of carbonyl (C=O) groups excluding carboxylic acids is 2. The van der Waals surface area contributed by atoms with E-state index in [1.165, 1.54) is 10.4 Å². The summed E-state index contributed by atoms with van der Waals surface area (Å²) in [4.78, 5) is 31.8. The van der Waals surface area contributed by atoms with Crippen molar-refractivity contribution >= 4 is 29.2 Å². The van der Waals surface area contributed by atoms with Crippen LogP contribution in [0.2, 0.25) is 0 Å². The third kappa shape index (κ3) is 5.65. The average molecular weight is 489 g/mol. The van der Waals surface area contributed by atoms with Gasteiger partial charge in [-0.1, -0.05) is 49.4 Å². The van der Waals surface area contributed by atoms with Crippen molar-refractivity contribution in [1.82, 2.24) is 9.80 Å². The highest BCUT2D eigenvalue weighted by atomic mass is 32.1. The molecule has 0 bridgehead atoms. The number of methoxy groups -OCH3 is 1. The van der Waals surface area contributed by atoms with Crippen LogP contribution >= 0.6 is 11.3 Å². The van der Waals surface area contributed by atoms with Gasteiger partial charge in [-0.25, -0.2) is 0 Å². The fraction of sp³-hybridized carbons (Fsp3) is 0.310. The Labute approximate surface area is 211 Å². The summed E-state index contributed by atoms with van der Waals surface area (Å²) in [7, 11) is 1.65. The predicted octanol–water partition coefficient (Wildman–Crippen LogP) is 5.57. The van der Waals surface area contributed by atoms with E-state index in [1.807, 2.05) is 73.3 Å². The molecule has 0 spiro atoms. The third-order valence-corrected chi connectivity index (χ3v) is 7.64. The van der Waals surface area contributed by atoms with Crippen LogP contribution in [0.15, 0.2) is 72.1 Å². The Balaban J connectivity index is 1.58. The molecule has 2 atom stereocenters. The number of benzene rings is 2. The zero-order valence-electron chi connectivity index (χ0n) is 20.5. The minimum atomic E-state index is -0.169. The molecular weight excluding hydrogens is 456 g/mol. The Morgan fingerprint density at radius 3 is 2.57 bits per heavy atom. The fourth-order valence-electron chi connectivity index (χ4n) is 4.47. The number of hydrogen-bond acceptors (Lipinski definition) is 4. The van der Waals surface area contributed by atoms with Gasteiger partial charge in [0.25, 0.3) is 0 Å². The first kappa shape index (κ1) is 24.7. The molecular formula is C29H32N2O3S. The third-order valence-electron chi connectivity index (χ3n) is 6.65. The van der Waals surface area contributed by atoms with Crippen LogP contribution in [0.4, 0.5) is 0 Å². The van der Waals surface area contributed by atoms with Gasteiger partial charge in [-0.2, -0.15) is 0 Å². The largest absolute Gasteiger partial charge is 0.497 e. The summed E-state index contributed by atoms with van der Waals surface area (Å²) in [5, 5.41) is 2.10. The van der Waals surface area contributed by atoms with Crippen LogP contribution in [0.1, 0.15) is 47.9 Å². The zero-order valence-corrected chi connectivity index (χ0v) is 21.3. The van der Waals surface area contributed by atoms with E-state index in [4.69, 9.17) is 4.74 Å². The van der Waals surface area contributed by atoms with Crippen molar-refractivity contribution in [2.75, 3.05) is 20.2 Å². The lowest BCUT2D eigenvalue weighted by Gasteiger charge is -2.38. The summed E-state index contributed by atoms with van der Waals surface area (Å²) < 4.78 is 5.33. The highest BCUT2D eigenvalue weighted by molar-refractivity contribution is 7.10. The van der Waals surface area contributed by atoms with E-state index in [2.05, 4.69) is 11.4 Å². The summed E-state index contributed by atoms with van der Waals surface area (Å²) in [5.74, 6) is 0.599. The maximum atomic E-state index is 13.7. The van der Waals surface area contributed by atoms with E-state index in [-0.39, 0.29) is 30.4 Å². The van der Waals surface area contributed by atoms with Crippen LogP contribution in [0.25, 0.3) is 6.08 Å². The molecule has 5 nitrogen and oxygen atoms in total. The van der Waals surface area contributed by atoms with Crippen LogP contribution in [0.5, 0.6) is 5.75 Å². The SMILES string of the molecule is CCC(C)N(CC(=O)N1CCc2sccc2C1c1ccc(OC)cc1)C(=O)/C=C/c1ccccc1. The molecule has 6 heteroatoms. The van der Waals surface area contributed by atoms with Crippen LogP contribution in [0, 0.1) is 0 Å².